The highest BCUT2D eigenvalue weighted by Gasteiger charge is 2.00. The molecular weight excluding hydrogens is 421 g/mol. The van der Waals surface area contributed by atoms with Crippen LogP contribution in [0.1, 0.15) is 30.0 Å². The summed E-state index contributed by atoms with van der Waals surface area (Å²) >= 11 is 1.85. The average Bonchev–Trinajstić information content (AvgIpc) is 3.20. The molecule has 0 amide bonds. The van der Waals surface area contributed by atoms with E-state index in [1.807, 2.05) is 34.5 Å². The fourth-order valence-corrected chi connectivity index (χ4v) is 2.96. The minimum Gasteiger partial charge on any atom is -0.357 e. The Bertz CT molecular complexity index is 565. The van der Waals surface area contributed by atoms with Crippen LogP contribution in [0.25, 0.3) is 0 Å². The number of aromatic nitrogens is 2. The molecule has 0 unspecified atom stereocenters. The smallest absolute Gasteiger partial charge is 0.191 e. The Morgan fingerprint density at radius 2 is 2.09 bits per heavy atom. The van der Waals surface area contributed by atoms with Crippen molar-refractivity contribution >= 4 is 41.3 Å². The number of rotatable bonds is 8. The highest BCUT2D eigenvalue weighted by atomic mass is 127. The summed E-state index contributed by atoms with van der Waals surface area (Å²) in [6.07, 6.45) is 5.91. The van der Waals surface area contributed by atoms with Gasteiger partial charge in [-0.25, -0.2) is 4.99 Å². The van der Waals surface area contributed by atoms with Gasteiger partial charge >= 0.3 is 0 Å². The molecule has 0 atom stereocenters. The van der Waals surface area contributed by atoms with E-state index in [1.54, 1.807) is 0 Å². The van der Waals surface area contributed by atoms with Gasteiger partial charge in [0.1, 0.15) is 0 Å². The van der Waals surface area contributed by atoms with Crippen LogP contribution in [-0.4, -0.2) is 28.8 Å². The van der Waals surface area contributed by atoms with Crippen molar-refractivity contribution in [2.24, 2.45) is 4.99 Å². The molecule has 0 saturated heterocycles. The van der Waals surface area contributed by atoms with E-state index < -0.39 is 0 Å². The molecular formula is C16H26IN5S. The van der Waals surface area contributed by atoms with E-state index in [2.05, 4.69) is 46.7 Å². The molecule has 2 rings (SSSR count). The first-order chi connectivity index (χ1) is 10.8. The summed E-state index contributed by atoms with van der Waals surface area (Å²) < 4.78 is 1.95. The standard InChI is InChI=1S/C16H25N5S.HI/c1-3-14-7-8-15(22-14)13-19-16(17-4-2)18-9-5-11-21-12-6-10-20-21;/h6-8,10,12H,3-5,9,11,13H2,1-2H3,(H2,17,18,19);1H. The fraction of sp³-hybridized carbons (Fsp3) is 0.500. The highest BCUT2D eigenvalue weighted by molar-refractivity contribution is 14.0. The van der Waals surface area contributed by atoms with Crippen molar-refractivity contribution in [1.82, 2.24) is 20.4 Å². The molecule has 7 heteroatoms. The number of nitrogens with one attached hydrogen (secondary N) is 2. The molecule has 5 nitrogen and oxygen atoms in total. The number of halogens is 1. The summed E-state index contributed by atoms with van der Waals surface area (Å²) in [6.45, 7) is 7.68. The Kier molecular flexibility index (Phi) is 9.93. The summed E-state index contributed by atoms with van der Waals surface area (Å²) in [4.78, 5) is 7.38. The molecule has 2 heterocycles. The van der Waals surface area contributed by atoms with Gasteiger partial charge in [-0.05, 0) is 38.0 Å². The molecule has 0 aliphatic carbocycles. The van der Waals surface area contributed by atoms with Crippen molar-refractivity contribution < 1.29 is 0 Å². The Morgan fingerprint density at radius 3 is 2.74 bits per heavy atom. The van der Waals surface area contributed by atoms with Gasteiger partial charge in [-0.1, -0.05) is 6.92 Å². The van der Waals surface area contributed by atoms with Crippen molar-refractivity contribution in [3.8, 4) is 0 Å². The summed E-state index contributed by atoms with van der Waals surface area (Å²) in [6, 6.07) is 6.32. The lowest BCUT2D eigenvalue weighted by Crippen LogP contribution is -2.38. The van der Waals surface area contributed by atoms with Crippen LogP contribution < -0.4 is 10.6 Å². The molecule has 23 heavy (non-hydrogen) atoms. The average molecular weight is 447 g/mol. The molecule has 0 spiro atoms. The lowest BCUT2D eigenvalue weighted by Gasteiger charge is -2.11. The third-order valence-corrected chi connectivity index (χ3v) is 4.43. The molecule has 2 aromatic rings. The second-order valence-electron chi connectivity index (χ2n) is 4.97. The second-order valence-corrected chi connectivity index (χ2v) is 6.22. The molecule has 0 saturated carbocycles. The van der Waals surface area contributed by atoms with Crippen molar-refractivity contribution in [2.45, 2.75) is 39.8 Å². The molecule has 2 N–H and O–H groups in total. The van der Waals surface area contributed by atoms with E-state index in [0.717, 1.165) is 45.0 Å². The minimum atomic E-state index is 0. The quantitative estimate of drug-likeness (QED) is 0.283. The van der Waals surface area contributed by atoms with Gasteiger partial charge in [0.25, 0.3) is 0 Å². The van der Waals surface area contributed by atoms with Crippen LogP contribution in [-0.2, 0) is 19.5 Å². The maximum absolute atomic E-state index is 4.65. The third-order valence-electron chi connectivity index (χ3n) is 3.22. The largest absolute Gasteiger partial charge is 0.357 e. The zero-order chi connectivity index (χ0) is 15.6. The molecule has 0 radical (unpaired) electrons. The normalized spacial score (nSPS) is 11.1. The number of aryl methyl sites for hydroxylation is 2. The SMILES string of the molecule is CCNC(=NCc1ccc(CC)s1)NCCCn1cccn1.I. The zero-order valence-corrected chi connectivity index (χ0v) is 16.9. The first-order valence-corrected chi connectivity index (χ1v) is 8.70. The molecule has 0 fully saturated rings. The van der Waals surface area contributed by atoms with Crippen LogP contribution in [0.3, 0.4) is 0 Å². The van der Waals surface area contributed by atoms with E-state index in [4.69, 9.17) is 0 Å². The summed E-state index contributed by atoms with van der Waals surface area (Å²) in [5, 5.41) is 10.9. The van der Waals surface area contributed by atoms with Crippen LogP contribution in [0, 0.1) is 0 Å². The maximum Gasteiger partial charge on any atom is 0.191 e. The van der Waals surface area contributed by atoms with E-state index in [1.165, 1.54) is 9.75 Å². The van der Waals surface area contributed by atoms with Crippen LogP contribution in [0.15, 0.2) is 35.6 Å². The number of aliphatic imine (C=N–C) groups is 1. The van der Waals surface area contributed by atoms with Gasteiger partial charge in [-0.2, -0.15) is 5.10 Å². The van der Waals surface area contributed by atoms with Crippen LogP contribution in [0.4, 0.5) is 0 Å². The van der Waals surface area contributed by atoms with Crippen molar-refractivity contribution in [2.75, 3.05) is 13.1 Å². The van der Waals surface area contributed by atoms with Crippen LogP contribution in [0.2, 0.25) is 0 Å². The molecule has 128 valence electrons. The van der Waals surface area contributed by atoms with Gasteiger partial charge in [0.15, 0.2) is 5.96 Å². The Labute approximate surface area is 159 Å². The Hall–Kier alpha value is -1.09. The molecule has 0 aromatic carbocycles. The van der Waals surface area contributed by atoms with Gasteiger partial charge in [-0.3, -0.25) is 4.68 Å². The Morgan fingerprint density at radius 1 is 1.26 bits per heavy atom. The molecule has 0 bridgehead atoms. The van der Waals surface area contributed by atoms with Gasteiger partial charge < -0.3 is 10.6 Å². The first-order valence-electron chi connectivity index (χ1n) is 7.89. The zero-order valence-electron chi connectivity index (χ0n) is 13.8. The van der Waals surface area contributed by atoms with Crippen LogP contribution >= 0.6 is 35.3 Å². The van der Waals surface area contributed by atoms with Gasteiger partial charge in [0.05, 0.1) is 6.54 Å². The summed E-state index contributed by atoms with van der Waals surface area (Å²) in [5.41, 5.74) is 0. The second kappa shape index (κ2) is 11.4. The highest BCUT2D eigenvalue weighted by Crippen LogP contribution is 2.17. The van der Waals surface area contributed by atoms with E-state index >= 15 is 0 Å². The lowest BCUT2D eigenvalue weighted by molar-refractivity contribution is 0.570. The molecule has 0 aliphatic rings. The van der Waals surface area contributed by atoms with Gasteiger partial charge in [-0.15, -0.1) is 35.3 Å². The minimum absolute atomic E-state index is 0. The summed E-state index contributed by atoms with van der Waals surface area (Å²) in [5.74, 6) is 0.884. The van der Waals surface area contributed by atoms with E-state index in [0.29, 0.717) is 0 Å². The third kappa shape index (κ3) is 7.34. The maximum atomic E-state index is 4.65. The number of nitrogens with zero attached hydrogens (tertiary/aromatic N) is 3. The molecule has 2 aromatic heterocycles. The number of hydrogen-bond acceptors (Lipinski definition) is 3. The van der Waals surface area contributed by atoms with Crippen molar-refractivity contribution in [3.05, 3.63) is 40.3 Å². The first kappa shape index (κ1) is 20.0. The fourth-order valence-electron chi connectivity index (χ4n) is 2.08. The van der Waals surface area contributed by atoms with E-state index in [9.17, 15) is 0 Å². The van der Waals surface area contributed by atoms with Crippen molar-refractivity contribution in [1.29, 1.82) is 0 Å². The lowest BCUT2D eigenvalue weighted by atomic mass is 10.4. The predicted molar refractivity (Wildman–Crippen MR) is 109 cm³/mol. The summed E-state index contributed by atoms with van der Waals surface area (Å²) in [7, 11) is 0. The van der Waals surface area contributed by atoms with E-state index in [-0.39, 0.29) is 24.0 Å². The molecule has 0 aliphatic heterocycles. The topological polar surface area (TPSA) is 54.2 Å². The van der Waals surface area contributed by atoms with Crippen LogP contribution in [0.5, 0.6) is 0 Å². The van der Waals surface area contributed by atoms with Crippen molar-refractivity contribution in [3.63, 3.8) is 0 Å². The number of hydrogen-bond donors (Lipinski definition) is 2. The van der Waals surface area contributed by atoms with Gasteiger partial charge in [0, 0.05) is 41.8 Å². The predicted octanol–water partition coefficient (Wildman–Crippen LogP) is 3.27. The number of guanidine groups is 1. The monoisotopic (exact) mass is 447 g/mol. The Balaban J connectivity index is 0.00000264. The number of thiophene rings is 1. The van der Waals surface area contributed by atoms with Gasteiger partial charge in [0.2, 0.25) is 0 Å².